The van der Waals surface area contributed by atoms with Gasteiger partial charge in [0.25, 0.3) is 0 Å². The molecule has 1 aromatic carbocycles. The lowest BCUT2D eigenvalue weighted by molar-refractivity contribution is -0.124. The van der Waals surface area contributed by atoms with E-state index >= 15 is 0 Å². The number of rotatable bonds is 4. The van der Waals surface area contributed by atoms with Gasteiger partial charge in [-0.2, -0.15) is 0 Å². The number of nitrogens with zero attached hydrogens (tertiary/aromatic N) is 2. The second kappa shape index (κ2) is 6.95. The summed E-state index contributed by atoms with van der Waals surface area (Å²) in [4.78, 5) is 14.8. The van der Waals surface area contributed by atoms with Crippen LogP contribution in [0.1, 0.15) is 12.1 Å². The number of aromatic nitrogens is 1. The highest BCUT2D eigenvalue weighted by Gasteiger charge is 2.42. The number of carbonyl (C=O) groups is 1. The number of hydrogen-bond acceptors (Lipinski definition) is 6. The molecule has 2 aliphatic rings. The highest BCUT2D eigenvalue weighted by atomic mass is 16.5. The number of carbonyl (C=O) groups excluding carboxylic acids is 1. The van der Waals surface area contributed by atoms with Gasteiger partial charge in [-0.25, -0.2) is 5.43 Å². The molecule has 1 amide bonds. The fraction of sp³-hybridized carbons (Fsp3) is 0.444. The molecule has 0 aliphatic carbocycles. The topological polar surface area (TPSA) is 82.4 Å². The van der Waals surface area contributed by atoms with E-state index in [-0.39, 0.29) is 17.9 Å². The number of piperidine rings is 1. The first-order chi connectivity index (χ1) is 12.2. The zero-order valence-corrected chi connectivity index (χ0v) is 14.2. The molecular formula is C18H23N5O2. The Morgan fingerprint density at radius 3 is 3.04 bits per heavy atom. The summed E-state index contributed by atoms with van der Waals surface area (Å²) in [7, 11) is 2.10. The quantitative estimate of drug-likeness (QED) is 0.761. The van der Waals surface area contributed by atoms with E-state index in [9.17, 15) is 4.79 Å². The van der Waals surface area contributed by atoms with Crippen molar-refractivity contribution >= 4 is 5.91 Å². The molecule has 1 aromatic heterocycles. The van der Waals surface area contributed by atoms with Gasteiger partial charge in [0.1, 0.15) is 11.7 Å². The van der Waals surface area contributed by atoms with E-state index < -0.39 is 0 Å². The van der Waals surface area contributed by atoms with E-state index in [1.54, 1.807) is 0 Å². The standard InChI is InChI=1S/C18H23N5O2/c1-23-8-7-15-14(11-23)17(21-20-15)18(24)19-10-13-9-16(25-22-13)12-5-3-2-4-6-12/h2-6,9,14-15,17,20-21H,7-8,10-11H2,1H3,(H,19,24). The molecular weight excluding hydrogens is 318 g/mol. The van der Waals surface area contributed by atoms with Gasteiger partial charge in [0.15, 0.2) is 5.76 Å². The first-order valence-corrected chi connectivity index (χ1v) is 8.69. The van der Waals surface area contributed by atoms with Crippen molar-refractivity contribution in [2.45, 2.75) is 25.0 Å². The molecule has 3 atom stereocenters. The van der Waals surface area contributed by atoms with Crippen LogP contribution in [0.5, 0.6) is 0 Å². The summed E-state index contributed by atoms with van der Waals surface area (Å²) in [6.45, 7) is 2.34. The molecule has 132 valence electrons. The number of fused-ring (bicyclic) bond motifs is 1. The van der Waals surface area contributed by atoms with Crippen molar-refractivity contribution in [3.8, 4) is 11.3 Å². The van der Waals surface area contributed by atoms with E-state index in [4.69, 9.17) is 4.52 Å². The van der Waals surface area contributed by atoms with Crippen LogP contribution in [0.3, 0.4) is 0 Å². The Labute approximate surface area is 146 Å². The normalized spacial score (nSPS) is 26.4. The van der Waals surface area contributed by atoms with E-state index in [0.29, 0.717) is 18.3 Å². The van der Waals surface area contributed by atoms with Crippen molar-refractivity contribution in [3.05, 3.63) is 42.1 Å². The average Bonchev–Trinajstić information content (AvgIpc) is 3.27. The fourth-order valence-corrected chi connectivity index (χ4v) is 3.65. The van der Waals surface area contributed by atoms with Gasteiger partial charge in [-0.3, -0.25) is 10.2 Å². The zero-order valence-electron chi connectivity index (χ0n) is 14.2. The van der Waals surface area contributed by atoms with Crippen molar-refractivity contribution < 1.29 is 9.32 Å². The molecule has 2 saturated heterocycles. The summed E-state index contributed by atoms with van der Waals surface area (Å²) >= 11 is 0. The van der Waals surface area contributed by atoms with Gasteiger partial charge in [-0.1, -0.05) is 35.5 Å². The maximum absolute atomic E-state index is 12.6. The summed E-state index contributed by atoms with van der Waals surface area (Å²) < 4.78 is 5.37. The predicted molar refractivity (Wildman–Crippen MR) is 93.2 cm³/mol. The largest absolute Gasteiger partial charge is 0.356 e. The van der Waals surface area contributed by atoms with Crippen LogP contribution in [0.4, 0.5) is 0 Å². The number of nitrogens with one attached hydrogen (secondary N) is 3. The monoisotopic (exact) mass is 341 g/mol. The zero-order chi connectivity index (χ0) is 17.2. The van der Waals surface area contributed by atoms with Crippen LogP contribution >= 0.6 is 0 Å². The Morgan fingerprint density at radius 2 is 2.20 bits per heavy atom. The van der Waals surface area contributed by atoms with Crippen molar-refractivity contribution in [2.24, 2.45) is 5.92 Å². The van der Waals surface area contributed by atoms with Crippen LogP contribution < -0.4 is 16.2 Å². The maximum atomic E-state index is 12.6. The third-order valence-corrected chi connectivity index (χ3v) is 5.06. The number of amides is 1. The molecule has 3 N–H and O–H groups in total. The summed E-state index contributed by atoms with van der Waals surface area (Å²) in [5.41, 5.74) is 8.11. The summed E-state index contributed by atoms with van der Waals surface area (Å²) in [5, 5.41) is 7.02. The van der Waals surface area contributed by atoms with Crippen LogP contribution in [0, 0.1) is 5.92 Å². The average molecular weight is 341 g/mol. The lowest BCUT2D eigenvalue weighted by Crippen LogP contribution is -2.49. The minimum absolute atomic E-state index is 0.000406. The van der Waals surface area contributed by atoms with E-state index in [0.717, 1.165) is 30.8 Å². The SMILES string of the molecule is CN1CCC2NNC(C(=O)NCc3cc(-c4ccccc4)on3)C2C1. The third-order valence-electron chi connectivity index (χ3n) is 5.06. The molecule has 2 aliphatic heterocycles. The molecule has 7 heteroatoms. The summed E-state index contributed by atoms with van der Waals surface area (Å²) in [6, 6.07) is 11.8. The molecule has 3 heterocycles. The van der Waals surface area contributed by atoms with Crippen LogP contribution in [0.2, 0.25) is 0 Å². The summed E-state index contributed by atoms with van der Waals surface area (Å²) in [5.74, 6) is 0.995. The van der Waals surface area contributed by atoms with Crippen molar-refractivity contribution in [2.75, 3.05) is 20.1 Å². The van der Waals surface area contributed by atoms with Crippen molar-refractivity contribution in [1.82, 2.24) is 26.2 Å². The smallest absolute Gasteiger partial charge is 0.239 e. The van der Waals surface area contributed by atoms with Gasteiger partial charge in [-0.15, -0.1) is 0 Å². The van der Waals surface area contributed by atoms with Crippen LogP contribution in [0.15, 0.2) is 40.9 Å². The Bertz CT molecular complexity index is 732. The van der Waals surface area contributed by atoms with Gasteiger partial charge in [-0.05, 0) is 20.0 Å². The first kappa shape index (κ1) is 16.3. The Morgan fingerprint density at radius 1 is 1.36 bits per heavy atom. The number of hydrogen-bond donors (Lipinski definition) is 3. The van der Waals surface area contributed by atoms with Crippen LogP contribution in [0.25, 0.3) is 11.3 Å². The number of benzene rings is 1. The first-order valence-electron chi connectivity index (χ1n) is 8.69. The highest BCUT2D eigenvalue weighted by molar-refractivity contribution is 5.82. The molecule has 25 heavy (non-hydrogen) atoms. The van der Waals surface area contributed by atoms with Gasteiger partial charge in [0, 0.05) is 30.1 Å². The van der Waals surface area contributed by atoms with Gasteiger partial charge in [0.2, 0.25) is 5.91 Å². The second-order valence-corrected chi connectivity index (χ2v) is 6.85. The van der Waals surface area contributed by atoms with E-state index in [1.165, 1.54) is 0 Å². The Kier molecular flexibility index (Phi) is 4.52. The number of hydrazine groups is 1. The Balaban J connectivity index is 1.35. The van der Waals surface area contributed by atoms with Gasteiger partial charge in [0.05, 0.1) is 6.54 Å². The fourth-order valence-electron chi connectivity index (χ4n) is 3.65. The summed E-state index contributed by atoms with van der Waals surface area (Å²) in [6.07, 6.45) is 1.06. The molecule has 0 radical (unpaired) electrons. The minimum Gasteiger partial charge on any atom is -0.356 e. The predicted octanol–water partition coefficient (Wildman–Crippen LogP) is 0.755. The lowest BCUT2D eigenvalue weighted by Gasteiger charge is -2.33. The Hall–Kier alpha value is -2.22. The van der Waals surface area contributed by atoms with Crippen molar-refractivity contribution in [1.29, 1.82) is 0 Å². The molecule has 7 nitrogen and oxygen atoms in total. The number of likely N-dealkylation sites (tertiary alicyclic amines) is 1. The highest BCUT2D eigenvalue weighted by Crippen LogP contribution is 2.24. The maximum Gasteiger partial charge on any atom is 0.239 e. The molecule has 2 aromatic rings. The molecule has 0 saturated carbocycles. The van der Waals surface area contributed by atoms with E-state index in [2.05, 4.69) is 33.3 Å². The van der Waals surface area contributed by atoms with Gasteiger partial charge < -0.3 is 14.7 Å². The molecule has 0 spiro atoms. The van der Waals surface area contributed by atoms with Crippen LogP contribution in [-0.2, 0) is 11.3 Å². The molecule has 0 bridgehead atoms. The molecule has 2 fully saturated rings. The lowest BCUT2D eigenvalue weighted by atomic mass is 9.88. The second-order valence-electron chi connectivity index (χ2n) is 6.85. The van der Waals surface area contributed by atoms with E-state index in [1.807, 2.05) is 36.4 Å². The van der Waals surface area contributed by atoms with Gasteiger partial charge >= 0.3 is 0 Å². The molecule has 3 unspecified atom stereocenters. The minimum atomic E-state index is -0.215. The van der Waals surface area contributed by atoms with Crippen molar-refractivity contribution in [3.63, 3.8) is 0 Å². The van der Waals surface area contributed by atoms with Crippen LogP contribution in [-0.4, -0.2) is 48.2 Å². The third kappa shape index (κ3) is 3.44. The molecule has 4 rings (SSSR count).